The zero-order chi connectivity index (χ0) is 21.2. The molecule has 3 aromatic rings. The van der Waals surface area contributed by atoms with E-state index in [9.17, 15) is 4.79 Å². The first-order chi connectivity index (χ1) is 15.2. The Kier molecular flexibility index (Phi) is 5.53. The Morgan fingerprint density at radius 3 is 2.32 bits per heavy atom. The van der Waals surface area contributed by atoms with E-state index in [2.05, 4.69) is 10.2 Å². The van der Waals surface area contributed by atoms with Crippen LogP contribution in [0.25, 0.3) is 22.9 Å². The van der Waals surface area contributed by atoms with Crippen molar-refractivity contribution in [2.24, 2.45) is 5.92 Å². The summed E-state index contributed by atoms with van der Waals surface area (Å²) in [6.07, 6.45) is 1.70. The van der Waals surface area contributed by atoms with Gasteiger partial charge in [0, 0.05) is 35.7 Å². The molecule has 1 amide bonds. The molecule has 0 spiro atoms. The molecule has 0 bridgehead atoms. The minimum absolute atomic E-state index is 0.0457. The number of ether oxygens (including phenoxy) is 2. The summed E-state index contributed by atoms with van der Waals surface area (Å²) in [6.45, 7) is 4.79. The minimum atomic E-state index is -0.101. The van der Waals surface area contributed by atoms with Gasteiger partial charge in [0.25, 0.3) is 5.91 Å². The van der Waals surface area contributed by atoms with E-state index in [-0.39, 0.29) is 12.2 Å². The Morgan fingerprint density at radius 2 is 1.61 bits per heavy atom. The van der Waals surface area contributed by atoms with Crippen molar-refractivity contribution >= 4 is 5.91 Å². The second-order valence-electron chi connectivity index (χ2n) is 8.04. The van der Waals surface area contributed by atoms with Gasteiger partial charge in [0.2, 0.25) is 11.8 Å². The van der Waals surface area contributed by atoms with Crippen molar-refractivity contribution in [1.82, 2.24) is 15.1 Å². The van der Waals surface area contributed by atoms with E-state index in [1.54, 1.807) is 0 Å². The number of aromatic nitrogens is 2. The van der Waals surface area contributed by atoms with E-state index in [1.165, 1.54) is 0 Å². The van der Waals surface area contributed by atoms with E-state index in [1.807, 2.05) is 60.4 Å². The lowest BCUT2D eigenvalue weighted by atomic mass is 9.95. The van der Waals surface area contributed by atoms with Crippen LogP contribution in [0.4, 0.5) is 0 Å². The van der Waals surface area contributed by atoms with Gasteiger partial charge in [0.15, 0.2) is 6.29 Å². The van der Waals surface area contributed by atoms with Crippen molar-refractivity contribution in [1.29, 1.82) is 0 Å². The average Bonchev–Trinajstić information content (AvgIpc) is 3.52. The van der Waals surface area contributed by atoms with Gasteiger partial charge in [-0.25, -0.2) is 0 Å². The molecule has 5 rings (SSSR count). The maximum absolute atomic E-state index is 12.9. The zero-order valence-electron chi connectivity index (χ0n) is 17.5. The molecule has 0 atom stereocenters. The minimum Gasteiger partial charge on any atom is -0.416 e. The van der Waals surface area contributed by atoms with Gasteiger partial charge < -0.3 is 18.8 Å². The number of hydrogen-bond acceptors (Lipinski definition) is 6. The number of carbonyl (C=O) groups is 1. The average molecular weight is 419 g/mol. The normalized spacial score (nSPS) is 17.9. The SMILES string of the molecule is Cc1ccccc1-c1nnc(-c2ccc(C(=O)N3CCC(C4OCCO4)CC3)cc2)o1. The molecule has 7 heteroatoms. The smallest absolute Gasteiger partial charge is 0.253 e. The molecule has 31 heavy (non-hydrogen) atoms. The molecule has 7 nitrogen and oxygen atoms in total. The van der Waals surface area contributed by atoms with Crippen LogP contribution in [0.3, 0.4) is 0 Å². The predicted molar refractivity (Wildman–Crippen MR) is 114 cm³/mol. The summed E-state index contributed by atoms with van der Waals surface area (Å²) in [5.74, 6) is 1.35. The Labute approximate surface area is 181 Å². The van der Waals surface area contributed by atoms with Crippen LogP contribution in [-0.4, -0.2) is 53.6 Å². The molecule has 2 aliphatic rings. The maximum atomic E-state index is 12.9. The topological polar surface area (TPSA) is 77.7 Å². The number of nitrogens with zero attached hydrogens (tertiary/aromatic N) is 3. The van der Waals surface area contributed by atoms with Crippen LogP contribution in [0.15, 0.2) is 52.9 Å². The van der Waals surface area contributed by atoms with Crippen molar-refractivity contribution in [3.63, 3.8) is 0 Å². The largest absolute Gasteiger partial charge is 0.416 e. The van der Waals surface area contributed by atoms with Crippen LogP contribution >= 0.6 is 0 Å². The van der Waals surface area contributed by atoms with Crippen LogP contribution in [0.2, 0.25) is 0 Å². The van der Waals surface area contributed by atoms with Crippen molar-refractivity contribution < 1.29 is 18.7 Å². The summed E-state index contributed by atoms with van der Waals surface area (Å²) in [5.41, 5.74) is 3.45. The molecule has 0 aliphatic carbocycles. The second-order valence-corrected chi connectivity index (χ2v) is 8.04. The summed E-state index contributed by atoms with van der Waals surface area (Å²) >= 11 is 0. The number of piperidine rings is 1. The van der Waals surface area contributed by atoms with Gasteiger partial charge in [-0.2, -0.15) is 0 Å². The van der Waals surface area contributed by atoms with Gasteiger partial charge in [0.1, 0.15) is 0 Å². The summed E-state index contributed by atoms with van der Waals surface area (Å²) in [6, 6.07) is 15.3. The standard InChI is InChI=1S/C24H25N3O4/c1-16-4-2-3-5-20(16)22-26-25-21(31-22)17-6-8-18(9-7-17)23(28)27-12-10-19(11-13-27)24-29-14-15-30-24/h2-9,19,24H,10-15H2,1H3. The lowest BCUT2D eigenvalue weighted by Gasteiger charge is -2.33. The van der Waals surface area contributed by atoms with Gasteiger partial charge in [-0.15, -0.1) is 10.2 Å². The predicted octanol–water partition coefficient (Wildman–Crippen LogP) is 3.94. The number of carbonyl (C=O) groups excluding carboxylic acids is 1. The highest BCUT2D eigenvalue weighted by molar-refractivity contribution is 5.94. The molecule has 0 N–H and O–H groups in total. The monoisotopic (exact) mass is 419 g/mol. The quantitative estimate of drug-likeness (QED) is 0.638. The van der Waals surface area contributed by atoms with Gasteiger partial charge >= 0.3 is 0 Å². The highest BCUT2D eigenvalue weighted by Crippen LogP contribution is 2.28. The summed E-state index contributed by atoms with van der Waals surface area (Å²) < 4.78 is 17.1. The number of hydrogen-bond donors (Lipinski definition) is 0. The molecule has 0 radical (unpaired) electrons. The first-order valence-electron chi connectivity index (χ1n) is 10.7. The van der Waals surface area contributed by atoms with Crippen LogP contribution in [-0.2, 0) is 9.47 Å². The molecule has 2 aliphatic heterocycles. The molecular formula is C24H25N3O4. The molecule has 2 fully saturated rings. The lowest BCUT2D eigenvalue weighted by molar-refractivity contribution is -0.0956. The fraction of sp³-hybridized carbons (Fsp3) is 0.375. The summed E-state index contributed by atoms with van der Waals surface area (Å²) in [7, 11) is 0. The fourth-order valence-corrected chi connectivity index (χ4v) is 4.22. The van der Waals surface area contributed by atoms with E-state index >= 15 is 0 Å². The van der Waals surface area contributed by atoms with Crippen LogP contribution < -0.4 is 0 Å². The molecule has 0 saturated carbocycles. The van der Waals surface area contributed by atoms with Crippen LogP contribution in [0.5, 0.6) is 0 Å². The van der Waals surface area contributed by atoms with Gasteiger partial charge in [0.05, 0.1) is 13.2 Å². The first-order valence-corrected chi connectivity index (χ1v) is 10.7. The van der Waals surface area contributed by atoms with Crippen LogP contribution in [0, 0.1) is 12.8 Å². The molecule has 2 saturated heterocycles. The third kappa shape index (κ3) is 4.11. The van der Waals surface area contributed by atoms with E-state index in [0.29, 0.717) is 36.5 Å². The number of likely N-dealkylation sites (tertiary alicyclic amines) is 1. The van der Waals surface area contributed by atoms with Crippen LogP contribution in [0.1, 0.15) is 28.8 Å². The highest BCUT2D eigenvalue weighted by Gasteiger charge is 2.32. The van der Waals surface area contributed by atoms with E-state index in [4.69, 9.17) is 13.9 Å². The summed E-state index contributed by atoms with van der Waals surface area (Å²) in [4.78, 5) is 14.8. The molecule has 2 aromatic carbocycles. The Bertz CT molecular complexity index is 1050. The second kappa shape index (κ2) is 8.61. The maximum Gasteiger partial charge on any atom is 0.253 e. The Morgan fingerprint density at radius 1 is 0.935 bits per heavy atom. The van der Waals surface area contributed by atoms with Crippen molar-refractivity contribution in [3.05, 3.63) is 59.7 Å². The molecule has 1 aromatic heterocycles. The third-order valence-electron chi connectivity index (χ3n) is 6.04. The molecule has 3 heterocycles. The van der Waals surface area contributed by atoms with Crippen molar-refractivity contribution in [2.75, 3.05) is 26.3 Å². The van der Waals surface area contributed by atoms with Crippen molar-refractivity contribution in [2.45, 2.75) is 26.1 Å². The third-order valence-corrected chi connectivity index (χ3v) is 6.04. The van der Waals surface area contributed by atoms with E-state index in [0.717, 1.165) is 42.6 Å². The molecule has 0 unspecified atom stereocenters. The number of amides is 1. The van der Waals surface area contributed by atoms with Crippen molar-refractivity contribution in [3.8, 4) is 22.9 Å². The Balaban J connectivity index is 1.24. The molecular weight excluding hydrogens is 394 g/mol. The number of benzene rings is 2. The number of rotatable bonds is 4. The lowest BCUT2D eigenvalue weighted by Crippen LogP contribution is -2.41. The molecule has 160 valence electrons. The number of aryl methyl sites for hydroxylation is 1. The zero-order valence-corrected chi connectivity index (χ0v) is 17.5. The van der Waals surface area contributed by atoms with E-state index < -0.39 is 0 Å². The highest BCUT2D eigenvalue weighted by atomic mass is 16.7. The van der Waals surface area contributed by atoms with Gasteiger partial charge in [-0.05, 0) is 55.7 Å². The van der Waals surface area contributed by atoms with Gasteiger partial charge in [-0.3, -0.25) is 4.79 Å². The van der Waals surface area contributed by atoms with Gasteiger partial charge in [-0.1, -0.05) is 18.2 Å². The summed E-state index contributed by atoms with van der Waals surface area (Å²) in [5, 5.41) is 8.36. The Hall–Kier alpha value is -3.03. The first kappa shape index (κ1) is 19.9. The fourth-order valence-electron chi connectivity index (χ4n) is 4.22.